The molecule has 0 fully saturated rings. The van der Waals surface area contributed by atoms with Gasteiger partial charge in [-0.25, -0.2) is 4.98 Å². The first-order valence-corrected chi connectivity index (χ1v) is 12.3. The standard InChI is InChI=1S/C23H24N6O2S2/c1-4-29-20(15(3)24-21(31)16-10-6-5-9-14(16)2)27-28-23(29)32-13-19(30)26-22-25-17-11-7-8-12-18(17)33-22/h5-12,15H,4,13H2,1-3H3,(H,24,31)(H,25,26,30)/t15-/m1/s1. The summed E-state index contributed by atoms with van der Waals surface area (Å²) in [5, 5.41) is 15.6. The minimum atomic E-state index is -0.338. The highest BCUT2D eigenvalue weighted by Gasteiger charge is 2.21. The molecular formula is C23H24N6O2S2. The van der Waals surface area contributed by atoms with Gasteiger partial charge in [-0.2, -0.15) is 0 Å². The lowest BCUT2D eigenvalue weighted by atomic mass is 10.1. The molecule has 0 aliphatic carbocycles. The number of thioether (sulfide) groups is 1. The highest BCUT2D eigenvalue weighted by atomic mass is 32.2. The zero-order valence-corrected chi connectivity index (χ0v) is 20.2. The summed E-state index contributed by atoms with van der Waals surface area (Å²) >= 11 is 2.75. The van der Waals surface area contributed by atoms with Gasteiger partial charge in [-0.05, 0) is 44.5 Å². The number of nitrogens with zero attached hydrogens (tertiary/aromatic N) is 4. The van der Waals surface area contributed by atoms with Crippen molar-refractivity contribution in [2.45, 2.75) is 38.5 Å². The predicted octanol–water partition coefficient (Wildman–Crippen LogP) is 4.44. The Labute approximate surface area is 199 Å². The molecule has 4 aromatic rings. The second-order valence-corrected chi connectivity index (χ2v) is 9.39. The lowest BCUT2D eigenvalue weighted by Gasteiger charge is -2.16. The van der Waals surface area contributed by atoms with Gasteiger partial charge in [0.1, 0.15) is 0 Å². The minimum absolute atomic E-state index is 0.157. The van der Waals surface area contributed by atoms with Gasteiger partial charge < -0.3 is 15.2 Å². The summed E-state index contributed by atoms with van der Waals surface area (Å²) in [6, 6.07) is 14.9. The molecule has 0 aliphatic rings. The lowest BCUT2D eigenvalue weighted by Crippen LogP contribution is -2.29. The summed E-state index contributed by atoms with van der Waals surface area (Å²) < 4.78 is 2.94. The second-order valence-electron chi connectivity index (χ2n) is 7.42. The molecule has 4 rings (SSSR count). The zero-order valence-electron chi connectivity index (χ0n) is 18.5. The molecule has 1 atom stereocenters. The monoisotopic (exact) mass is 480 g/mol. The van der Waals surface area contributed by atoms with Crippen LogP contribution < -0.4 is 10.6 Å². The van der Waals surface area contributed by atoms with Crippen molar-refractivity contribution in [2.24, 2.45) is 0 Å². The van der Waals surface area contributed by atoms with Crippen molar-refractivity contribution >= 4 is 50.3 Å². The van der Waals surface area contributed by atoms with Gasteiger partial charge in [0.15, 0.2) is 16.1 Å². The fourth-order valence-electron chi connectivity index (χ4n) is 3.40. The van der Waals surface area contributed by atoms with Crippen LogP contribution in [-0.4, -0.2) is 37.3 Å². The Kier molecular flexibility index (Phi) is 7.05. The van der Waals surface area contributed by atoms with Gasteiger partial charge in [-0.1, -0.05) is 53.4 Å². The van der Waals surface area contributed by atoms with Crippen LogP contribution in [0.25, 0.3) is 10.2 Å². The Balaban J connectivity index is 1.39. The van der Waals surface area contributed by atoms with E-state index >= 15 is 0 Å². The highest BCUT2D eigenvalue weighted by Crippen LogP contribution is 2.26. The van der Waals surface area contributed by atoms with Crippen LogP contribution in [0.3, 0.4) is 0 Å². The number of hydrogen-bond acceptors (Lipinski definition) is 7. The molecule has 2 N–H and O–H groups in total. The van der Waals surface area contributed by atoms with E-state index in [1.165, 1.54) is 23.1 Å². The predicted molar refractivity (Wildman–Crippen MR) is 132 cm³/mol. The van der Waals surface area contributed by atoms with Gasteiger partial charge in [-0.3, -0.25) is 9.59 Å². The van der Waals surface area contributed by atoms with Crippen LogP contribution in [0.1, 0.15) is 41.6 Å². The maximum atomic E-state index is 12.7. The minimum Gasteiger partial charge on any atom is -0.342 e. The SMILES string of the molecule is CCn1c(SCC(=O)Nc2nc3ccccc3s2)nnc1[C@@H](C)NC(=O)c1ccccc1C. The maximum Gasteiger partial charge on any atom is 0.252 e. The number of thiazole rings is 1. The van der Waals surface area contributed by atoms with Crippen molar-refractivity contribution in [1.29, 1.82) is 0 Å². The molecule has 0 saturated heterocycles. The number of hydrogen-bond donors (Lipinski definition) is 2. The van der Waals surface area contributed by atoms with Crippen LogP contribution in [0.5, 0.6) is 0 Å². The topological polar surface area (TPSA) is 102 Å². The van der Waals surface area contributed by atoms with Crippen LogP contribution in [0, 0.1) is 6.92 Å². The zero-order chi connectivity index (χ0) is 23.4. The molecule has 2 heterocycles. The first-order chi connectivity index (χ1) is 16.0. The number of fused-ring (bicyclic) bond motifs is 1. The molecular weight excluding hydrogens is 456 g/mol. The largest absolute Gasteiger partial charge is 0.342 e. The first-order valence-electron chi connectivity index (χ1n) is 10.5. The molecule has 10 heteroatoms. The number of carbonyl (C=O) groups is 2. The summed E-state index contributed by atoms with van der Waals surface area (Å²) in [6.45, 7) is 6.38. The molecule has 0 radical (unpaired) electrons. The molecule has 33 heavy (non-hydrogen) atoms. The Morgan fingerprint density at radius 2 is 1.88 bits per heavy atom. The van der Waals surface area contributed by atoms with Gasteiger partial charge in [-0.15, -0.1) is 10.2 Å². The number of para-hydroxylation sites is 1. The number of nitrogens with one attached hydrogen (secondary N) is 2. The molecule has 0 unspecified atom stereocenters. The third-order valence-corrected chi connectivity index (χ3v) is 6.98. The van der Waals surface area contributed by atoms with E-state index in [-0.39, 0.29) is 23.6 Å². The van der Waals surface area contributed by atoms with Crippen molar-refractivity contribution in [3.8, 4) is 0 Å². The van der Waals surface area contributed by atoms with Crippen LogP contribution in [0.2, 0.25) is 0 Å². The van der Waals surface area contributed by atoms with E-state index in [0.29, 0.717) is 28.2 Å². The van der Waals surface area contributed by atoms with E-state index < -0.39 is 0 Å². The molecule has 170 valence electrons. The molecule has 0 spiro atoms. The molecule has 2 aromatic heterocycles. The quantitative estimate of drug-likeness (QED) is 0.362. The van der Waals surface area contributed by atoms with Crippen molar-refractivity contribution < 1.29 is 9.59 Å². The number of aromatic nitrogens is 4. The van der Waals surface area contributed by atoms with Crippen LogP contribution >= 0.6 is 23.1 Å². The maximum absolute atomic E-state index is 12.7. The molecule has 2 aromatic carbocycles. The smallest absolute Gasteiger partial charge is 0.252 e. The van der Waals surface area contributed by atoms with Gasteiger partial charge in [0.05, 0.1) is 22.0 Å². The number of benzene rings is 2. The Morgan fingerprint density at radius 1 is 1.12 bits per heavy atom. The van der Waals surface area contributed by atoms with Crippen LogP contribution in [-0.2, 0) is 11.3 Å². The summed E-state index contributed by atoms with van der Waals surface area (Å²) in [5.74, 6) is 0.509. The molecule has 0 bridgehead atoms. The third kappa shape index (κ3) is 5.23. The van der Waals surface area contributed by atoms with E-state index in [1.807, 2.05) is 67.8 Å². The number of rotatable bonds is 8. The molecule has 2 amide bonds. The molecule has 0 saturated carbocycles. The van der Waals surface area contributed by atoms with E-state index in [0.717, 1.165) is 15.8 Å². The lowest BCUT2D eigenvalue weighted by molar-refractivity contribution is -0.113. The highest BCUT2D eigenvalue weighted by molar-refractivity contribution is 7.99. The van der Waals surface area contributed by atoms with Crippen molar-refractivity contribution in [1.82, 2.24) is 25.1 Å². The van der Waals surface area contributed by atoms with E-state index in [2.05, 4.69) is 25.8 Å². The second kappa shape index (κ2) is 10.1. The third-order valence-electron chi connectivity index (χ3n) is 5.06. The van der Waals surface area contributed by atoms with Gasteiger partial charge in [0.2, 0.25) is 5.91 Å². The molecule has 0 aliphatic heterocycles. The fourth-order valence-corrected chi connectivity index (χ4v) is 5.09. The number of carbonyl (C=O) groups excluding carboxylic acids is 2. The van der Waals surface area contributed by atoms with Gasteiger partial charge in [0.25, 0.3) is 5.91 Å². The van der Waals surface area contributed by atoms with Gasteiger partial charge >= 0.3 is 0 Å². The number of amides is 2. The van der Waals surface area contributed by atoms with E-state index in [4.69, 9.17) is 0 Å². The first kappa shape index (κ1) is 22.9. The van der Waals surface area contributed by atoms with Crippen molar-refractivity contribution in [2.75, 3.05) is 11.1 Å². The summed E-state index contributed by atoms with van der Waals surface area (Å²) in [6.07, 6.45) is 0. The Morgan fingerprint density at radius 3 is 2.64 bits per heavy atom. The van der Waals surface area contributed by atoms with Crippen LogP contribution in [0.15, 0.2) is 53.7 Å². The summed E-state index contributed by atoms with van der Waals surface area (Å²) in [4.78, 5) is 29.6. The van der Waals surface area contributed by atoms with Crippen molar-refractivity contribution in [3.63, 3.8) is 0 Å². The number of anilines is 1. The van der Waals surface area contributed by atoms with Crippen LogP contribution in [0.4, 0.5) is 5.13 Å². The average Bonchev–Trinajstić information content (AvgIpc) is 3.40. The summed E-state index contributed by atoms with van der Waals surface area (Å²) in [7, 11) is 0. The Hall–Kier alpha value is -3.24. The number of aryl methyl sites for hydroxylation is 1. The summed E-state index contributed by atoms with van der Waals surface area (Å²) in [5.41, 5.74) is 2.41. The van der Waals surface area contributed by atoms with Gasteiger partial charge in [0, 0.05) is 12.1 Å². The van der Waals surface area contributed by atoms with E-state index in [9.17, 15) is 9.59 Å². The molecule has 8 nitrogen and oxygen atoms in total. The van der Waals surface area contributed by atoms with Crippen molar-refractivity contribution in [3.05, 3.63) is 65.5 Å². The fraction of sp³-hybridized carbons (Fsp3) is 0.261. The average molecular weight is 481 g/mol. The normalized spacial score (nSPS) is 12.0. The Bertz CT molecular complexity index is 1270. The van der Waals surface area contributed by atoms with E-state index in [1.54, 1.807) is 6.07 Å².